The highest BCUT2D eigenvalue weighted by Gasteiger charge is 2.23. The van der Waals surface area contributed by atoms with Gasteiger partial charge in [0.15, 0.2) is 0 Å². The number of rotatable bonds is 5. The van der Waals surface area contributed by atoms with Crippen LogP contribution in [0.1, 0.15) is 23.8 Å². The summed E-state index contributed by atoms with van der Waals surface area (Å²) in [4.78, 5) is 3.63. The molecule has 2 atom stereocenters. The quantitative estimate of drug-likeness (QED) is 0.907. The summed E-state index contributed by atoms with van der Waals surface area (Å²) in [7, 11) is 2.13. The molecule has 1 saturated heterocycles. The average molecular weight is 319 g/mol. The van der Waals surface area contributed by atoms with E-state index in [1.165, 1.54) is 17.7 Å². The third-order valence-electron chi connectivity index (χ3n) is 3.19. The topological polar surface area (TPSA) is 38.5 Å². The minimum absolute atomic E-state index is 0.301. The zero-order chi connectivity index (χ0) is 12.3. The van der Waals surface area contributed by atoms with Crippen molar-refractivity contribution in [3.63, 3.8) is 0 Å². The average Bonchev–Trinajstić information content (AvgIpc) is 2.91. The molecule has 2 unspecified atom stereocenters. The van der Waals surface area contributed by atoms with E-state index in [0.29, 0.717) is 18.7 Å². The van der Waals surface area contributed by atoms with Crippen LogP contribution in [-0.4, -0.2) is 37.7 Å². The summed E-state index contributed by atoms with van der Waals surface area (Å²) in [5.74, 6) is 0. The van der Waals surface area contributed by atoms with Crippen molar-refractivity contribution in [3.05, 3.63) is 20.8 Å². The number of hydrogen-bond acceptors (Lipinski definition) is 4. The number of likely N-dealkylation sites (N-methyl/N-ethyl adjacent to an activating group) is 1. The summed E-state index contributed by atoms with van der Waals surface area (Å²) in [6.07, 6.45) is 2.75. The summed E-state index contributed by atoms with van der Waals surface area (Å²) in [5.41, 5.74) is 5.90. The fourth-order valence-corrected chi connectivity index (χ4v) is 3.86. The van der Waals surface area contributed by atoms with Crippen molar-refractivity contribution >= 4 is 27.3 Å². The van der Waals surface area contributed by atoms with E-state index in [1.807, 2.05) is 0 Å². The molecule has 0 amide bonds. The van der Waals surface area contributed by atoms with Crippen LogP contribution in [0, 0.1) is 0 Å². The smallest absolute Gasteiger partial charge is 0.0702 e. The second-order valence-electron chi connectivity index (χ2n) is 4.47. The highest BCUT2D eigenvalue weighted by Crippen LogP contribution is 2.30. The molecule has 0 bridgehead atoms. The van der Waals surface area contributed by atoms with Gasteiger partial charge >= 0.3 is 0 Å². The molecule has 0 spiro atoms. The van der Waals surface area contributed by atoms with Gasteiger partial charge in [-0.1, -0.05) is 0 Å². The van der Waals surface area contributed by atoms with Gasteiger partial charge < -0.3 is 10.5 Å². The monoisotopic (exact) mass is 318 g/mol. The summed E-state index contributed by atoms with van der Waals surface area (Å²) in [5, 5.41) is 0. The Kier molecular flexibility index (Phi) is 4.99. The van der Waals surface area contributed by atoms with E-state index in [0.717, 1.165) is 16.9 Å². The molecule has 5 heteroatoms. The molecule has 0 aliphatic carbocycles. The van der Waals surface area contributed by atoms with Crippen molar-refractivity contribution in [2.75, 3.05) is 26.7 Å². The molecule has 2 heterocycles. The third-order valence-corrected chi connectivity index (χ3v) is 4.92. The van der Waals surface area contributed by atoms with E-state index in [9.17, 15) is 0 Å². The maximum Gasteiger partial charge on any atom is 0.0702 e. The van der Waals surface area contributed by atoms with E-state index in [4.69, 9.17) is 10.5 Å². The fraction of sp³-hybridized carbons (Fsp3) is 0.667. The van der Waals surface area contributed by atoms with Gasteiger partial charge in [0, 0.05) is 24.6 Å². The largest absolute Gasteiger partial charge is 0.377 e. The van der Waals surface area contributed by atoms with Gasteiger partial charge in [-0.3, -0.25) is 4.90 Å². The Balaban J connectivity index is 1.97. The molecule has 1 aromatic heterocycles. The first-order chi connectivity index (χ1) is 8.20. The maximum atomic E-state index is 5.90. The van der Waals surface area contributed by atoms with Crippen molar-refractivity contribution in [2.45, 2.75) is 25.0 Å². The lowest BCUT2D eigenvalue weighted by molar-refractivity contribution is 0.0694. The molecule has 2 rings (SSSR count). The zero-order valence-electron chi connectivity index (χ0n) is 10.1. The van der Waals surface area contributed by atoms with Crippen LogP contribution < -0.4 is 5.73 Å². The normalized spacial score (nSPS) is 22.2. The predicted octanol–water partition coefficient (Wildman–Crippen LogP) is 2.62. The van der Waals surface area contributed by atoms with Crippen molar-refractivity contribution in [2.24, 2.45) is 5.73 Å². The summed E-state index contributed by atoms with van der Waals surface area (Å²) < 4.78 is 6.83. The van der Waals surface area contributed by atoms with Crippen LogP contribution in [0.25, 0.3) is 0 Å². The molecular weight excluding hydrogens is 300 g/mol. The van der Waals surface area contributed by atoms with Crippen molar-refractivity contribution in [1.29, 1.82) is 0 Å². The minimum Gasteiger partial charge on any atom is -0.377 e. The van der Waals surface area contributed by atoms with E-state index < -0.39 is 0 Å². The van der Waals surface area contributed by atoms with Gasteiger partial charge in [-0.25, -0.2) is 0 Å². The van der Waals surface area contributed by atoms with Crippen LogP contribution in [0.15, 0.2) is 15.9 Å². The van der Waals surface area contributed by atoms with Gasteiger partial charge in [0.1, 0.15) is 0 Å². The number of thiophene rings is 1. The van der Waals surface area contributed by atoms with Crippen LogP contribution in [-0.2, 0) is 4.74 Å². The first kappa shape index (κ1) is 13.5. The second kappa shape index (κ2) is 6.29. The van der Waals surface area contributed by atoms with Crippen LogP contribution in [0.5, 0.6) is 0 Å². The molecule has 96 valence electrons. The van der Waals surface area contributed by atoms with Gasteiger partial charge in [0.05, 0.1) is 15.9 Å². The first-order valence-corrected chi connectivity index (χ1v) is 7.59. The number of halogens is 1. The van der Waals surface area contributed by atoms with E-state index in [-0.39, 0.29) is 0 Å². The molecule has 1 aliphatic rings. The number of ether oxygens (including phenoxy) is 1. The lowest BCUT2D eigenvalue weighted by Crippen LogP contribution is -2.35. The second-order valence-corrected chi connectivity index (χ2v) is 6.96. The van der Waals surface area contributed by atoms with Crippen LogP contribution in [0.3, 0.4) is 0 Å². The Hall–Kier alpha value is 0.0600. The fourth-order valence-electron chi connectivity index (χ4n) is 2.26. The summed E-state index contributed by atoms with van der Waals surface area (Å²) >= 11 is 5.26. The maximum absolute atomic E-state index is 5.90. The molecule has 17 heavy (non-hydrogen) atoms. The lowest BCUT2D eigenvalue weighted by atomic mass is 10.1. The Labute approximate surface area is 115 Å². The lowest BCUT2D eigenvalue weighted by Gasteiger charge is -2.28. The van der Waals surface area contributed by atoms with Crippen LogP contribution in [0.4, 0.5) is 0 Å². The van der Waals surface area contributed by atoms with Crippen molar-refractivity contribution < 1.29 is 4.74 Å². The number of nitrogens with zero attached hydrogens (tertiary/aromatic N) is 1. The molecule has 0 aromatic carbocycles. The molecule has 1 aliphatic heterocycles. The van der Waals surface area contributed by atoms with Gasteiger partial charge in [-0.05, 0) is 48.0 Å². The Morgan fingerprint density at radius 1 is 1.65 bits per heavy atom. The summed E-state index contributed by atoms with van der Waals surface area (Å²) in [6, 6.07) is 4.54. The Morgan fingerprint density at radius 2 is 2.47 bits per heavy atom. The van der Waals surface area contributed by atoms with Gasteiger partial charge in [-0.2, -0.15) is 0 Å². The van der Waals surface area contributed by atoms with E-state index in [1.54, 1.807) is 11.3 Å². The highest BCUT2D eigenvalue weighted by atomic mass is 79.9. The highest BCUT2D eigenvalue weighted by molar-refractivity contribution is 9.11. The SMILES string of the molecule is CN(CC1CCCO1)C(CN)c1ccc(Br)s1. The van der Waals surface area contributed by atoms with Crippen LogP contribution in [0.2, 0.25) is 0 Å². The third kappa shape index (κ3) is 3.51. The van der Waals surface area contributed by atoms with Gasteiger partial charge in [0.2, 0.25) is 0 Å². The van der Waals surface area contributed by atoms with Crippen molar-refractivity contribution in [1.82, 2.24) is 4.90 Å². The minimum atomic E-state index is 0.301. The molecule has 2 N–H and O–H groups in total. The van der Waals surface area contributed by atoms with Gasteiger partial charge in [-0.15, -0.1) is 11.3 Å². The predicted molar refractivity (Wildman–Crippen MR) is 75.4 cm³/mol. The Morgan fingerprint density at radius 3 is 3.00 bits per heavy atom. The molecule has 0 saturated carbocycles. The first-order valence-electron chi connectivity index (χ1n) is 5.98. The van der Waals surface area contributed by atoms with E-state index >= 15 is 0 Å². The Bertz CT molecular complexity index is 352. The molecule has 0 radical (unpaired) electrons. The van der Waals surface area contributed by atoms with Crippen molar-refractivity contribution in [3.8, 4) is 0 Å². The number of nitrogens with two attached hydrogens (primary N) is 1. The molecule has 1 aromatic rings. The van der Waals surface area contributed by atoms with Gasteiger partial charge in [0.25, 0.3) is 0 Å². The number of hydrogen-bond donors (Lipinski definition) is 1. The van der Waals surface area contributed by atoms with Crippen LogP contribution >= 0.6 is 27.3 Å². The molecule has 1 fully saturated rings. The summed E-state index contributed by atoms with van der Waals surface area (Å²) in [6.45, 7) is 2.53. The molecule has 3 nitrogen and oxygen atoms in total. The van der Waals surface area contributed by atoms with E-state index in [2.05, 4.69) is 40.0 Å². The standard InChI is InChI=1S/C12H19BrN2OS/c1-15(8-9-3-2-6-16-9)10(7-14)11-4-5-12(13)17-11/h4-5,9-10H,2-3,6-8,14H2,1H3. The molecular formula is C12H19BrN2OS. The zero-order valence-corrected chi connectivity index (χ0v) is 12.5.